The molecular formula is C23H21ClN2O2S. The fourth-order valence-electron chi connectivity index (χ4n) is 2.76. The van der Waals surface area contributed by atoms with Gasteiger partial charge >= 0.3 is 0 Å². The summed E-state index contributed by atoms with van der Waals surface area (Å²) in [6.45, 7) is 4.00. The zero-order chi connectivity index (χ0) is 20.8. The van der Waals surface area contributed by atoms with Gasteiger partial charge < -0.3 is 10.6 Å². The second-order valence-electron chi connectivity index (χ2n) is 6.64. The minimum Gasteiger partial charge on any atom is -0.325 e. The van der Waals surface area contributed by atoms with Crippen LogP contribution in [-0.2, 0) is 4.79 Å². The molecule has 0 fully saturated rings. The van der Waals surface area contributed by atoms with Crippen LogP contribution in [0.1, 0.15) is 21.5 Å². The van der Waals surface area contributed by atoms with E-state index in [0.29, 0.717) is 22.0 Å². The van der Waals surface area contributed by atoms with Gasteiger partial charge in [-0.15, -0.1) is 11.8 Å². The maximum atomic E-state index is 12.3. The molecule has 0 aliphatic rings. The van der Waals surface area contributed by atoms with Gasteiger partial charge in [-0.05, 0) is 67.9 Å². The van der Waals surface area contributed by atoms with Gasteiger partial charge in [0, 0.05) is 26.9 Å². The summed E-state index contributed by atoms with van der Waals surface area (Å²) in [6.07, 6.45) is 0. The molecular weight excluding hydrogens is 404 g/mol. The Balaban J connectivity index is 1.52. The van der Waals surface area contributed by atoms with Crippen molar-refractivity contribution in [1.29, 1.82) is 0 Å². The number of nitrogens with one attached hydrogen (secondary N) is 2. The lowest BCUT2D eigenvalue weighted by Gasteiger charge is -2.09. The maximum absolute atomic E-state index is 12.3. The number of hydrogen-bond donors (Lipinski definition) is 2. The topological polar surface area (TPSA) is 58.2 Å². The van der Waals surface area contributed by atoms with E-state index in [2.05, 4.69) is 10.6 Å². The van der Waals surface area contributed by atoms with Crippen LogP contribution >= 0.6 is 23.4 Å². The van der Waals surface area contributed by atoms with E-state index in [1.165, 1.54) is 11.8 Å². The highest BCUT2D eigenvalue weighted by molar-refractivity contribution is 8.00. The van der Waals surface area contributed by atoms with Gasteiger partial charge in [0.25, 0.3) is 5.91 Å². The zero-order valence-corrected chi connectivity index (χ0v) is 17.7. The summed E-state index contributed by atoms with van der Waals surface area (Å²) in [7, 11) is 0. The maximum Gasteiger partial charge on any atom is 0.255 e. The van der Waals surface area contributed by atoms with Gasteiger partial charge in [-0.25, -0.2) is 0 Å². The van der Waals surface area contributed by atoms with Crippen LogP contribution in [0.15, 0.2) is 71.6 Å². The number of amides is 2. The normalized spacial score (nSPS) is 10.4. The van der Waals surface area contributed by atoms with Crippen molar-refractivity contribution in [3.8, 4) is 0 Å². The Kier molecular flexibility index (Phi) is 6.96. The Labute approximate surface area is 179 Å². The number of benzene rings is 3. The summed E-state index contributed by atoms with van der Waals surface area (Å²) < 4.78 is 0. The van der Waals surface area contributed by atoms with Crippen molar-refractivity contribution in [1.82, 2.24) is 0 Å². The molecule has 0 atom stereocenters. The van der Waals surface area contributed by atoms with Gasteiger partial charge in [0.05, 0.1) is 5.75 Å². The zero-order valence-electron chi connectivity index (χ0n) is 16.2. The number of carbonyl (C=O) groups excluding carboxylic acids is 2. The molecule has 3 rings (SSSR count). The first-order valence-corrected chi connectivity index (χ1v) is 10.4. The molecule has 0 aromatic heterocycles. The largest absolute Gasteiger partial charge is 0.325 e. The second kappa shape index (κ2) is 9.63. The van der Waals surface area contributed by atoms with E-state index in [4.69, 9.17) is 11.6 Å². The van der Waals surface area contributed by atoms with E-state index >= 15 is 0 Å². The van der Waals surface area contributed by atoms with E-state index in [9.17, 15) is 9.59 Å². The van der Waals surface area contributed by atoms with Crippen LogP contribution in [0.5, 0.6) is 0 Å². The Morgan fingerprint density at radius 1 is 0.931 bits per heavy atom. The van der Waals surface area contributed by atoms with E-state index in [-0.39, 0.29) is 11.8 Å². The molecule has 0 aliphatic heterocycles. The lowest BCUT2D eigenvalue weighted by molar-refractivity contribution is -0.113. The third kappa shape index (κ3) is 6.11. The molecule has 0 bridgehead atoms. The minimum atomic E-state index is -0.222. The molecule has 4 nitrogen and oxygen atoms in total. The van der Waals surface area contributed by atoms with Crippen molar-refractivity contribution in [2.75, 3.05) is 16.4 Å². The van der Waals surface area contributed by atoms with Crippen molar-refractivity contribution in [3.05, 3.63) is 88.4 Å². The Hall–Kier alpha value is -2.76. The second-order valence-corrected chi connectivity index (χ2v) is 8.13. The van der Waals surface area contributed by atoms with Crippen LogP contribution in [0.2, 0.25) is 5.02 Å². The van der Waals surface area contributed by atoms with Crippen molar-refractivity contribution < 1.29 is 9.59 Å². The quantitative estimate of drug-likeness (QED) is 0.481. The van der Waals surface area contributed by atoms with Crippen LogP contribution in [0.3, 0.4) is 0 Å². The molecule has 0 saturated carbocycles. The van der Waals surface area contributed by atoms with Crippen molar-refractivity contribution in [2.45, 2.75) is 18.7 Å². The third-order valence-corrected chi connectivity index (χ3v) is 5.47. The third-order valence-electron chi connectivity index (χ3n) is 4.22. The fraction of sp³-hybridized carbons (Fsp3) is 0.130. The summed E-state index contributed by atoms with van der Waals surface area (Å²) in [5, 5.41) is 6.29. The monoisotopic (exact) mass is 424 g/mol. The van der Waals surface area contributed by atoms with Crippen molar-refractivity contribution >= 4 is 46.6 Å². The highest BCUT2D eigenvalue weighted by Crippen LogP contribution is 2.22. The molecule has 0 aliphatic carbocycles. The number of carbonyl (C=O) groups is 2. The molecule has 0 radical (unpaired) electrons. The van der Waals surface area contributed by atoms with E-state index in [1.807, 2.05) is 56.3 Å². The average Bonchev–Trinajstić information content (AvgIpc) is 2.69. The first kappa shape index (κ1) is 21.0. The van der Waals surface area contributed by atoms with Gasteiger partial charge in [0.2, 0.25) is 5.91 Å². The summed E-state index contributed by atoms with van der Waals surface area (Å²) in [5.74, 6) is 0.0303. The van der Waals surface area contributed by atoms with Crippen LogP contribution in [-0.4, -0.2) is 17.6 Å². The van der Waals surface area contributed by atoms with Crippen LogP contribution in [0.4, 0.5) is 11.4 Å². The van der Waals surface area contributed by atoms with Gasteiger partial charge in [-0.1, -0.05) is 35.4 Å². The Morgan fingerprint density at radius 2 is 1.69 bits per heavy atom. The minimum absolute atomic E-state index is 0.0553. The van der Waals surface area contributed by atoms with E-state index in [1.54, 1.807) is 24.3 Å². The lowest BCUT2D eigenvalue weighted by atomic mass is 10.1. The number of hydrogen-bond acceptors (Lipinski definition) is 3. The van der Waals surface area contributed by atoms with Crippen molar-refractivity contribution in [2.24, 2.45) is 0 Å². The number of aryl methyl sites for hydroxylation is 2. The summed E-state index contributed by atoms with van der Waals surface area (Å²) >= 11 is 7.36. The molecule has 0 unspecified atom stereocenters. The first-order chi connectivity index (χ1) is 13.9. The van der Waals surface area contributed by atoms with Gasteiger partial charge in [-0.2, -0.15) is 0 Å². The van der Waals surface area contributed by atoms with Gasteiger partial charge in [0.15, 0.2) is 0 Å². The number of thioether (sulfide) groups is 1. The van der Waals surface area contributed by atoms with E-state index in [0.717, 1.165) is 21.7 Å². The van der Waals surface area contributed by atoms with Crippen molar-refractivity contribution in [3.63, 3.8) is 0 Å². The number of anilines is 2. The van der Waals surface area contributed by atoms with Gasteiger partial charge in [0.1, 0.15) is 0 Å². The molecule has 2 N–H and O–H groups in total. The molecule has 29 heavy (non-hydrogen) atoms. The number of halogens is 1. The average molecular weight is 425 g/mol. The molecule has 6 heteroatoms. The lowest BCUT2D eigenvalue weighted by Crippen LogP contribution is -2.14. The van der Waals surface area contributed by atoms with Crippen LogP contribution in [0, 0.1) is 13.8 Å². The SMILES string of the molecule is Cc1ccc(NC(=O)CSc2ccc(NC(=O)c3cccc(Cl)c3)cc2)c(C)c1. The standard InChI is InChI=1S/C23H21ClN2O2S/c1-15-6-11-21(16(2)12-15)26-22(27)14-29-20-9-7-19(8-10-20)25-23(28)17-4-3-5-18(24)13-17/h3-13H,14H2,1-2H3,(H,25,28)(H,26,27). The molecule has 0 saturated heterocycles. The predicted molar refractivity (Wildman–Crippen MR) is 121 cm³/mol. The number of rotatable bonds is 6. The van der Waals surface area contributed by atoms with E-state index < -0.39 is 0 Å². The molecule has 0 heterocycles. The predicted octanol–water partition coefficient (Wildman–Crippen LogP) is 5.94. The molecule has 3 aromatic rings. The molecule has 148 valence electrons. The molecule has 0 spiro atoms. The highest BCUT2D eigenvalue weighted by Gasteiger charge is 2.08. The molecule has 3 aromatic carbocycles. The fourth-order valence-corrected chi connectivity index (χ4v) is 3.65. The molecule has 2 amide bonds. The highest BCUT2D eigenvalue weighted by atomic mass is 35.5. The first-order valence-electron chi connectivity index (χ1n) is 9.07. The summed E-state index contributed by atoms with van der Waals surface area (Å²) in [5.41, 5.74) is 4.22. The van der Waals surface area contributed by atoms with Crippen LogP contribution < -0.4 is 10.6 Å². The van der Waals surface area contributed by atoms with Gasteiger partial charge in [-0.3, -0.25) is 9.59 Å². The smallest absolute Gasteiger partial charge is 0.255 e. The summed E-state index contributed by atoms with van der Waals surface area (Å²) in [4.78, 5) is 25.4. The summed E-state index contributed by atoms with van der Waals surface area (Å²) in [6, 6.07) is 20.1. The Morgan fingerprint density at radius 3 is 2.38 bits per heavy atom. The Bertz CT molecular complexity index is 1040. The van der Waals surface area contributed by atoms with Crippen LogP contribution in [0.25, 0.3) is 0 Å².